The second-order valence-corrected chi connectivity index (χ2v) is 5.66. The molecule has 0 aromatic heterocycles. The van der Waals surface area contributed by atoms with Gasteiger partial charge in [-0.25, -0.2) is 4.79 Å². The Balaban J connectivity index is 2.53. The van der Waals surface area contributed by atoms with Crippen molar-refractivity contribution in [1.29, 1.82) is 0 Å². The van der Waals surface area contributed by atoms with Crippen LogP contribution in [0, 0.1) is 0 Å². The molecule has 1 amide bonds. The van der Waals surface area contributed by atoms with E-state index in [1.165, 1.54) is 0 Å². The molecule has 1 aliphatic heterocycles. The lowest BCUT2D eigenvalue weighted by atomic mass is 9.93. The highest BCUT2D eigenvalue weighted by Gasteiger charge is 2.31. The number of rotatable bonds is 0. The number of likely N-dealkylation sites (tertiary alicyclic amines) is 1. The summed E-state index contributed by atoms with van der Waals surface area (Å²) in [6.07, 6.45) is 1.66. The highest BCUT2D eigenvalue weighted by molar-refractivity contribution is 5.68. The molecule has 0 aromatic carbocycles. The number of hydrogen-bond donors (Lipinski definition) is 1. The van der Waals surface area contributed by atoms with Crippen molar-refractivity contribution >= 4 is 6.09 Å². The molecule has 1 saturated heterocycles. The highest BCUT2D eigenvalue weighted by Crippen LogP contribution is 2.20. The smallest absolute Gasteiger partial charge is 0.410 e. The summed E-state index contributed by atoms with van der Waals surface area (Å²) in [5.74, 6) is 0. The lowest BCUT2D eigenvalue weighted by molar-refractivity contribution is 0.0152. The van der Waals surface area contributed by atoms with Crippen molar-refractivity contribution in [2.24, 2.45) is 5.73 Å². The average Bonchev–Trinajstić information content (AvgIpc) is 1.99. The van der Waals surface area contributed by atoms with E-state index in [1.807, 2.05) is 27.7 Å². The standard InChI is InChI=1S/C11H22N2O2/c1-10(2,3)15-9(14)13-7-5-6-11(4,12)8-13/h5-8,12H2,1-4H3/t11-/m1/s1. The van der Waals surface area contributed by atoms with Crippen LogP contribution in [-0.2, 0) is 4.74 Å². The van der Waals surface area contributed by atoms with Crippen molar-refractivity contribution in [1.82, 2.24) is 4.90 Å². The molecule has 4 nitrogen and oxygen atoms in total. The molecule has 1 heterocycles. The molecule has 0 bridgehead atoms. The first kappa shape index (κ1) is 12.3. The van der Waals surface area contributed by atoms with Crippen LogP contribution in [-0.4, -0.2) is 35.2 Å². The third-order valence-electron chi connectivity index (χ3n) is 2.38. The van der Waals surface area contributed by atoms with Crippen LogP contribution < -0.4 is 5.73 Å². The first-order valence-corrected chi connectivity index (χ1v) is 5.46. The maximum Gasteiger partial charge on any atom is 0.410 e. The van der Waals surface area contributed by atoms with Gasteiger partial charge in [-0.3, -0.25) is 0 Å². The van der Waals surface area contributed by atoms with Crippen LogP contribution in [0.5, 0.6) is 0 Å². The molecule has 0 aliphatic carbocycles. The summed E-state index contributed by atoms with van der Waals surface area (Å²) in [7, 11) is 0. The second kappa shape index (κ2) is 4.00. The molecule has 88 valence electrons. The number of hydrogen-bond acceptors (Lipinski definition) is 3. The molecule has 1 rings (SSSR count). The van der Waals surface area contributed by atoms with Crippen LogP contribution in [0.4, 0.5) is 4.79 Å². The van der Waals surface area contributed by atoms with Crippen LogP contribution in [0.3, 0.4) is 0 Å². The van der Waals surface area contributed by atoms with Gasteiger partial charge in [-0.1, -0.05) is 0 Å². The molecule has 1 aliphatic rings. The Morgan fingerprint density at radius 2 is 2.07 bits per heavy atom. The molecule has 0 spiro atoms. The monoisotopic (exact) mass is 214 g/mol. The van der Waals surface area contributed by atoms with Crippen LogP contribution in [0.25, 0.3) is 0 Å². The molecule has 1 atom stereocenters. The normalized spacial score (nSPS) is 27.7. The van der Waals surface area contributed by atoms with E-state index < -0.39 is 5.60 Å². The Kier molecular flexibility index (Phi) is 3.28. The Hall–Kier alpha value is -0.770. The third-order valence-corrected chi connectivity index (χ3v) is 2.38. The zero-order chi connectivity index (χ0) is 11.7. The Bertz CT molecular complexity index is 243. The summed E-state index contributed by atoms with van der Waals surface area (Å²) in [5.41, 5.74) is 5.32. The van der Waals surface area contributed by atoms with E-state index in [0.29, 0.717) is 6.54 Å². The quantitative estimate of drug-likeness (QED) is 0.668. The van der Waals surface area contributed by atoms with Crippen LogP contribution in [0.2, 0.25) is 0 Å². The van der Waals surface area contributed by atoms with E-state index >= 15 is 0 Å². The van der Waals surface area contributed by atoms with Gasteiger partial charge in [0.15, 0.2) is 0 Å². The van der Waals surface area contributed by atoms with E-state index in [-0.39, 0.29) is 11.6 Å². The Morgan fingerprint density at radius 3 is 2.53 bits per heavy atom. The first-order valence-electron chi connectivity index (χ1n) is 5.46. The van der Waals surface area contributed by atoms with Gasteiger partial charge in [-0.2, -0.15) is 0 Å². The zero-order valence-electron chi connectivity index (χ0n) is 10.2. The van der Waals surface area contributed by atoms with Crippen molar-refractivity contribution < 1.29 is 9.53 Å². The molecule has 15 heavy (non-hydrogen) atoms. The van der Waals surface area contributed by atoms with Crippen molar-refractivity contribution in [3.8, 4) is 0 Å². The summed E-state index contributed by atoms with van der Waals surface area (Å²) in [6, 6.07) is 0. The maximum atomic E-state index is 11.7. The van der Waals surface area contributed by atoms with Crippen LogP contribution >= 0.6 is 0 Å². The average molecular weight is 214 g/mol. The molecule has 4 heteroatoms. The van der Waals surface area contributed by atoms with Gasteiger partial charge in [0.05, 0.1) is 0 Å². The number of amides is 1. The van der Waals surface area contributed by atoms with Gasteiger partial charge < -0.3 is 15.4 Å². The van der Waals surface area contributed by atoms with Gasteiger partial charge in [0.25, 0.3) is 0 Å². The summed E-state index contributed by atoms with van der Waals surface area (Å²) in [4.78, 5) is 13.5. The Morgan fingerprint density at radius 1 is 1.47 bits per heavy atom. The van der Waals surface area contributed by atoms with Gasteiger partial charge in [-0.05, 0) is 40.5 Å². The molecule has 0 unspecified atom stereocenters. The molecular formula is C11H22N2O2. The molecule has 0 aromatic rings. The predicted molar refractivity (Wildman–Crippen MR) is 59.6 cm³/mol. The molecule has 2 N–H and O–H groups in total. The molecule has 0 radical (unpaired) electrons. The van der Waals surface area contributed by atoms with Crippen molar-refractivity contribution in [2.45, 2.75) is 51.7 Å². The van der Waals surface area contributed by atoms with Gasteiger partial charge in [0.1, 0.15) is 5.60 Å². The van der Waals surface area contributed by atoms with Gasteiger partial charge in [-0.15, -0.1) is 0 Å². The van der Waals surface area contributed by atoms with E-state index in [0.717, 1.165) is 19.4 Å². The summed E-state index contributed by atoms with van der Waals surface area (Å²) < 4.78 is 5.30. The summed E-state index contributed by atoms with van der Waals surface area (Å²) >= 11 is 0. The second-order valence-electron chi connectivity index (χ2n) is 5.66. The number of nitrogens with zero attached hydrogens (tertiary/aromatic N) is 1. The minimum atomic E-state index is -0.431. The topological polar surface area (TPSA) is 55.6 Å². The van der Waals surface area contributed by atoms with Crippen LogP contribution in [0.1, 0.15) is 40.5 Å². The minimum absolute atomic E-state index is 0.251. The van der Waals surface area contributed by atoms with E-state index in [2.05, 4.69) is 0 Å². The lowest BCUT2D eigenvalue weighted by Gasteiger charge is -2.38. The highest BCUT2D eigenvalue weighted by atomic mass is 16.6. The lowest BCUT2D eigenvalue weighted by Crippen LogP contribution is -2.54. The fourth-order valence-electron chi connectivity index (χ4n) is 1.75. The third kappa shape index (κ3) is 4.08. The van der Waals surface area contributed by atoms with E-state index in [9.17, 15) is 4.79 Å². The fraction of sp³-hybridized carbons (Fsp3) is 0.909. The molecule has 0 saturated carbocycles. The van der Waals surface area contributed by atoms with Crippen molar-refractivity contribution in [3.63, 3.8) is 0 Å². The number of piperidine rings is 1. The molecule has 1 fully saturated rings. The van der Waals surface area contributed by atoms with Crippen LogP contribution in [0.15, 0.2) is 0 Å². The Labute approximate surface area is 91.8 Å². The van der Waals surface area contributed by atoms with E-state index in [1.54, 1.807) is 4.90 Å². The number of carbonyl (C=O) groups is 1. The number of nitrogens with two attached hydrogens (primary N) is 1. The largest absolute Gasteiger partial charge is 0.444 e. The minimum Gasteiger partial charge on any atom is -0.444 e. The predicted octanol–water partition coefficient (Wildman–Crippen LogP) is 1.73. The van der Waals surface area contributed by atoms with Gasteiger partial charge >= 0.3 is 6.09 Å². The summed E-state index contributed by atoms with van der Waals surface area (Å²) in [5, 5.41) is 0. The van der Waals surface area contributed by atoms with Crippen molar-refractivity contribution in [2.75, 3.05) is 13.1 Å². The number of ether oxygens (including phenoxy) is 1. The zero-order valence-corrected chi connectivity index (χ0v) is 10.2. The SMILES string of the molecule is CC(C)(C)OC(=O)N1CCC[C@@](C)(N)C1. The van der Waals surface area contributed by atoms with Gasteiger partial charge in [0.2, 0.25) is 0 Å². The fourth-order valence-corrected chi connectivity index (χ4v) is 1.75. The van der Waals surface area contributed by atoms with Crippen molar-refractivity contribution in [3.05, 3.63) is 0 Å². The van der Waals surface area contributed by atoms with Gasteiger partial charge in [0, 0.05) is 18.6 Å². The summed E-state index contributed by atoms with van der Waals surface area (Å²) in [6.45, 7) is 8.93. The molecular weight excluding hydrogens is 192 g/mol. The maximum absolute atomic E-state index is 11.7. The first-order chi connectivity index (χ1) is 6.70. The number of carbonyl (C=O) groups excluding carboxylic acids is 1. The van der Waals surface area contributed by atoms with E-state index in [4.69, 9.17) is 10.5 Å².